The van der Waals surface area contributed by atoms with Crippen LogP contribution in [0.2, 0.25) is 0 Å². The molecule has 0 saturated carbocycles. The Morgan fingerprint density at radius 2 is 2.18 bits per heavy atom. The van der Waals surface area contributed by atoms with Crippen LogP contribution in [0.1, 0.15) is 16.2 Å². The number of hydrogen-bond acceptors (Lipinski definition) is 6. The minimum Gasteiger partial charge on any atom is -0.492 e. The van der Waals surface area contributed by atoms with Crippen molar-refractivity contribution in [2.45, 2.75) is 6.92 Å². The molecule has 0 bridgehead atoms. The number of ether oxygens (including phenoxy) is 2. The summed E-state index contributed by atoms with van der Waals surface area (Å²) in [6, 6.07) is 11.1. The summed E-state index contributed by atoms with van der Waals surface area (Å²) < 4.78 is 16.2. The Labute approximate surface area is 162 Å². The minimum atomic E-state index is -0.721. The summed E-state index contributed by atoms with van der Waals surface area (Å²) in [6.07, 6.45) is 0. The molecule has 0 radical (unpaired) electrons. The van der Waals surface area contributed by atoms with Crippen LogP contribution in [-0.4, -0.2) is 61.3 Å². The molecule has 0 spiro atoms. The van der Waals surface area contributed by atoms with Gasteiger partial charge in [0.25, 0.3) is 5.91 Å². The summed E-state index contributed by atoms with van der Waals surface area (Å²) >= 11 is 0. The topological polar surface area (TPSA) is 93.9 Å². The number of aryl methyl sites for hydroxylation is 1. The second-order valence-corrected chi connectivity index (χ2v) is 7.29. The van der Waals surface area contributed by atoms with Gasteiger partial charge in [0.2, 0.25) is 5.91 Å². The highest BCUT2D eigenvalue weighted by Crippen LogP contribution is 2.42. The lowest BCUT2D eigenvalue weighted by atomic mass is 9.80. The van der Waals surface area contributed by atoms with Gasteiger partial charge in [0.1, 0.15) is 18.1 Å². The molecule has 1 N–H and O–H groups in total. The Morgan fingerprint density at radius 1 is 1.36 bits per heavy atom. The zero-order valence-corrected chi connectivity index (χ0v) is 15.7. The fourth-order valence-electron chi connectivity index (χ4n) is 3.87. The van der Waals surface area contributed by atoms with Gasteiger partial charge in [-0.05, 0) is 19.1 Å². The van der Waals surface area contributed by atoms with Crippen molar-refractivity contribution >= 4 is 11.8 Å². The van der Waals surface area contributed by atoms with E-state index in [1.807, 2.05) is 30.3 Å². The van der Waals surface area contributed by atoms with Crippen molar-refractivity contribution in [2.24, 2.45) is 11.3 Å². The van der Waals surface area contributed by atoms with Crippen molar-refractivity contribution in [3.05, 3.63) is 47.9 Å². The lowest BCUT2D eigenvalue weighted by molar-refractivity contribution is -0.131. The fraction of sp³-hybridized carbons (Fsp3) is 0.450. The highest BCUT2D eigenvalue weighted by atomic mass is 16.5. The monoisotopic (exact) mass is 385 g/mol. The zero-order chi connectivity index (χ0) is 19.6. The molecule has 1 aromatic carbocycles. The molecule has 148 valence electrons. The summed E-state index contributed by atoms with van der Waals surface area (Å²) in [5, 5.41) is 6.74. The van der Waals surface area contributed by atoms with Crippen molar-refractivity contribution in [1.29, 1.82) is 0 Å². The molecule has 2 aromatic rings. The number of amides is 2. The first-order valence-corrected chi connectivity index (χ1v) is 9.35. The third kappa shape index (κ3) is 3.47. The highest BCUT2D eigenvalue weighted by Gasteiger charge is 2.56. The molecule has 4 rings (SSSR count). The molecular formula is C20H23N3O5. The molecule has 2 saturated heterocycles. The molecule has 2 atom stereocenters. The number of carbonyl (C=O) groups is 2. The van der Waals surface area contributed by atoms with Gasteiger partial charge >= 0.3 is 0 Å². The van der Waals surface area contributed by atoms with Gasteiger partial charge in [-0.25, -0.2) is 0 Å². The first kappa shape index (κ1) is 18.5. The number of para-hydroxylation sites is 1. The summed E-state index contributed by atoms with van der Waals surface area (Å²) in [5.41, 5.74) is -0.452. The Bertz CT molecular complexity index is 853. The maximum atomic E-state index is 13.0. The Hall–Kier alpha value is -2.87. The van der Waals surface area contributed by atoms with E-state index in [2.05, 4.69) is 10.5 Å². The van der Waals surface area contributed by atoms with Gasteiger partial charge in [0, 0.05) is 25.1 Å². The van der Waals surface area contributed by atoms with Gasteiger partial charge in [-0.2, -0.15) is 0 Å². The SMILES string of the molecule is Cc1cc(C(=O)N2C[C@H]3COC[C@@]3(C(=O)NCCOc3ccccc3)C2)no1. The van der Waals surface area contributed by atoms with Gasteiger partial charge in [-0.15, -0.1) is 0 Å². The minimum absolute atomic E-state index is 0.0283. The van der Waals surface area contributed by atoms with Gasteiger partial charge in [-0.1, -0.05) is 23.4 Å². The number of hydrogen-bond donors (Lipinski definition) is 1. The largest absolute Gasteiger partial charge is 0.492 e. The van der Waals surface area contributed by atoms with Crippen LogP contribution < -0.4 is 10.1 Å². The number of nitrogens with one attached hydrogen (secondary N) is 1. The molecule has 2 aliphatic rings. The number of fused-ring (bicyclic) bond motifs is 1. The number of benzene rings is 1. The fourth-order valence-corrected chi connectivity index (χ4v) is 3.87. The Morgan fingerprint density at radius 3 is 2.93 bits per heavy atom. The van der Waals surface area contributed by atoms with E-state index in [4.69, 9.17) is 14.0 Å². The third-order valence-corrected chi connectivity index (χ3v) is 5.36. The van der Waals surface area contributed by atoms with E-state index < -0.39 is 5.41 Å². The van der Waals surface area contributed by atoms with Crippen LogP contribution in [0.4, 0.5) is 0 Å². The van der Waals surface area contributed by atoms with E-state index >= 15 is 0 Å². The molecule has 0 unspecified atom stereocenters. The number of rotatable bonds is 6. The average Bonchev–Trinajstić information content (AvgIpc) is 3.39. The maximum Gasteiger partial charge on any atom is 0.276 e. The van der Waals surface area contributed by atoms with Gasteiger partial charge in [-0.3, -0.25) is 9.59 Å². The molecule has 2 amide bonds. The quantitative estimate of drug-likeness (QED) is 0.753. The van der Waals surface area contributed by atoms with Crippen LogP contribution >= 0.6 is 0 Å². The van der Waals surface area contributed by atoms with Crippen LogP contribution in [-0.2, 0) is 9.53 Å². The van der Waals surface area contributed by atoms with E-state index in [1.165, 1.54) is 0 Å². The van der Waals surface area contributed by atoms with E-state index in [1.54, 1.807) is 17.9 Å². The van der Waals surface area contributed by atoms with Crippen LogP contribution in [0.5, 0.6) is 5.75 Å². The summed E-state index contributed by atoms with van der Waals surface area (Å²) in [7, 11) is 0. The zero-order valence-electron chi connectivity index (χ0n) is 15.7. The summed E-state index contributed by atoms with van der Waals surface area (Å²) in [5.74, 6) is 0.998. The first-order valence-electron chi connectivity index (χ1n) is 9.35. The van der Waals surface area contributed by atoms with E-state index in [9.17, 15) is 9.59 Å². The summed E-state index contributed by atoms with van der Waals surface area (Å²) in [4.78, 5) is 27.3. The number of likely N-dealkylation sites (tertiary alicyclic amines) is 1. The lowest BCUT2D eigenvalue weighted by Crippen LogP contribution is -2.48. The number of carbonyl (C=O) groups excluding carboxylic acids is 2. The second-order valence-electron chi connectivity index (χ2n) is 7.29. The van der Waals surface area contributed by atoms with Crippen molar-refractivity contribution < 1.29 is 23.6 Å². The van der Waals surface area contributed by atoms with Crippen LogP contribution in [0.15, 0.2) is 40.9 Å². The maximum absolute atomic E-state index is 13.0. The van der Waals surface area contributed by atoms with Crippen LogP contribution in [0.3, 0.4) is 0 Å². The Balaban J connectivity index is 1.35. The standard InChI is InChI=1S/C20H23N3O5/c1-14-9-17(22-28-14)18(24)23-10-15-11-26-13-20(15,12-23)19(25)21-7-8-27-16-5-3-2-4-6-16/h2-6,9,15H,7-8,10-13H2,1H3,(H,21,25)/t15-,20-/m0/s1. The predicted molar refractivity (Wildman–Crippen MR) is 98.8 cm³/mol. The smallest absolute Gasteiger partial charge is 0.276 e. The molecule has 0 aliphatic carbocycles. The molecule has 1 aromatic heterocycles. The van der Waals surface area contributed by atoms with E-state index in [0.717, 1.165) is 5.75 Å². The molecule has 2 aliphatic heterocycles. The second kappa shape index (κ2) is 7.63. The molecule has 8 heteroatoms. The van der Waals surface area contributed by atoms with Crippen molar-refractivity contribution in [1.82, 2.24) is 15.4 Å². The molecular weight excluding hydrogens is 362 g/mol. The van der Waals surface area contributed by atoms with Crippen molar-refractivity contribution in [2.75, 3.05) is 39.5 Å². The third-order valence-electron chi connectivity index (χ3n) is 5.36. The van der Waals surface area contributed by atoms with Gasteiger partial charge in [0.05, 0.1) is 25.2 Å². The summed E-state index contributed by atoms with van der Waals surface area (Å²) in [6.45, 7) is 4.06. The van der Waals surface area contributed by atoms with Crippen LogP contribution in [0.25, 0.3) is 0 Å². The van der Waals surface area contributed by atoms with Gasteiger partial charge in [0.15, 0.2) is 5.69 Å². The van der Waals surface area contributed by atoms with E-state index in [-0.39, 0.29) is 23.4 Å². The van der Waals surface area contributed by atoms with E-state index in [0.29, 0.717) is 45.2 Å². The van der Waals surface area contributed by atoms with Crippen molar-refractivity contribution in [3.8, 4) is 5.75 Å². The lowest BCUT2D eigenvalue weighted by Gasteiger charge is -2.25. The number of aromatic nitrogens is 1. The highest BCUT2D eigenvalue weighted by molar-refractivity contribution is 5.94. The Kier molecular flexibility index (Phi) is 5.04. The average molecular weight is 385 g/mol. The van der Waals surface area contributed by atoms with Crippen molar-refractivity contribution in [3.63, 3.8) is 0 Å². The normalized spacial score (nSPS) is 23.5. The molecule has 28 heavy (non-hydrogen) atoms. The van der Waals surface area contributed by atoms with Gasteiger partial charge < -0.3 is 24.2 Å². The first-order chi connectivity index (χ1) is 13.6. The van der Waals surface area contributed by atoms with Crippen LogP contribution in [0, 0.1) is 18.3 Å². The molecule has 2 fully saturated rings. The molecule has 3 heterocycles. The number of nitrogens with zero attached hydrogens (tertiary/aromatic N) is 2. The predicted octanol–water partition coefficient (Wildman–Crippen LogP) is 1.27. The molecule has 8 nitrogen and oxygen atoms in total.